The van der Waals surface area contributed by atoms with E-state index >= 15 is 0 Å². The van der Waals surface area contributed by atoms with E-state index in [1.54, 1.807) is 11.3 Å². The molecule has 31 heavy (non-hydrogen) atoms. The molecule has 0 bridgehead atoms. The number of thiazole rings is 1. The van der Waals surface area contributed by atoms with Crippen LogP contribution in [0.5, 0.6) is 5.75 Å². The first-order chi connectivity index (χ1) is 15.2. The van der Waals surface area contributed by atoms with Crippen molar-refractivity contribution in [2.75, 3.05) is 24.7 Å². The van der Waals surface area contributed by atoms with Gasteiger partial charge in [-0.25, -0.2) is 4.98 Å². The molecular weight excluding hydrogens is 444 g/mol. The molecule has 0 spiro atoms. The van der Waals surface area contributed by atoms with Gasteiger partial charge in [-0.2, -0.15) is 0 Å². The van der Waals surface area contributed by atoms with Crippen LogP contribution in [0.25, 0.3) is 11.3 Å². The summed E-state index contributed by atoms with van der Waals surface area (Å²) in [4.78, 5) is 16.6. The number of hydrogen-bond donors (Lipinski definition) is 1. The van der Waals surface area contributed by atoms with Crippen molar-refractivity contribution in [1.29, 1.82) is 0 Å². The van der Waals surface area contributed by atoms with E-state index in [9.17, 15) is 4.79 Å². The van der Waals surface area contributed by atoms with Crippen molar-refractivity contribution in [1.82, 2.24) is 10.3 Å². The minimum Gasteiger partial charge on any atom is -0.484 e. The van der Waals surface area contributed by atoms with E-state index in [1.807, 2.05) is 42.6 Å². The molecular formula is C24H26N2O2S3. The molecule has 7 heteroatoms. The van der Waals surface area contributed by atoms with Gasteiger partial charge in [0, 0.05) is 17.5 Å². The van der Waals surface area contributed by atoms with Crippen molar-refractivity contribution in [3.05, 3.63) is 70.0 Å². The molecule has 2 heterocycles. The van der Waals surface area contributed by atoms with Gasteiger partial charge in [0.25, 0.3) is 5.91 Å². The monoisotopic (exact) mass is 470 g/mol. The summed E-state index contributed by atoms with van der Waals surface area (Å²) in [6.07, 6.45) is 2.08. The molecule has 1 aromatic heterocycles. The standard InChI is InChI=1S/C24H26N2O2S3/c1-17-26-22(16-31-17)19-5-3-18(4-6-19)11-12-25-23(27)15-28-21-9-7-20(8-10-21)24-29-13-2-14-30-24/h3-10,16,24H,2,11-15H2,1H3,(H,25,27). The average molecular weight is 471 g/mol. The van der Waals surface area contributed by atoms with E-state index in [4.69, 9.17) is 4.74 Å². The van der Waals surface area contributed by atoms with E-state index in [1.165, 1.54) is 29.1 Å². The molecule has 0 aliphatic carbocycles. The maximum Gasteiger partial charge on any atom is 0.257 e. The Bertz CT molecular complexity index is 981. The number of ether oxygens (including phenoxy) is 1. The zero-order valence-corrected chi connectivity index (χ0v) is 20.0. The van der Waals surface area contributed by atoms with Crippen LogP contribution in [-0.2, 0) is 11.2 Å². The lowest BCUT2D eigenvalue weighted by Gasteiger charge is -2.21. The summed E-state index contributed by atoms with van der Waals surface area (Å²) >= 11 is 5.67. The molecule has 2 aromatic carbocycles. The van der Waals surface area contributed by atoms with Crippen LogP contribution in [0, 0.1) is 6.92 Å². The summed E-state index contributed by atoms with van der Waals surface area (Å²) in [5.41, 5.74) is 4.65. The van der Waals surface area contributed by atoms with Gasteiger partial charge in [-0.1, -0.05) is 36.4 Å². The Morgan fingerprint density at radius 1 is 1.10 bits per heavy atom. The quantitative estimate of drug-likeness (QED) is 0.456. The van der Waals surface area contributed by atoms with Gasteiger partial charge in [-0.15, -0.1) is 34.9 Å². The molecule has 0 unspecified atom stereocenters. The second kappa shape index (κ2) is 11.1. The molecule has 1 fully saturated rings. The number of nitrogens with zero attached hydrogens (tertiary/aromatic N) is 1. The highest BCUT2D eigenvalue weighted by Gasteiger charge is 2.16. The van der Waals surface area contributed by atoms with Crippen LogP contribution in [0.15, 0.2) is 53.9 Å². The molecule has 1 aliphatic heterocycles. The van der Waals surface area contributed by atoms with Gasteiger partial charge in [-0.05, 0) is 54.5 Å². The smallest absolute Gasteiger partial charge is 0.257 e. The van der Waals surface area contributed by atoms with Gasteiger partial charge >= 0.3 is 0 Å². The minimum absolute atomic E-state index is 0.0361. The van der Waals surface area contributed by atoms with Crippen molar-refractivity contribution in [3.63, 3.8) is 0 Å². The van der Waals surface area contributed by atoms with Crippen LogP contribution in [0.3, 0.4) is 0 Å². The van der Waals surface area contributed by atoms with Gasteiger partial charge in [-0.3, -0.25) is 4.79 Å². The normalized spacial score (nSPS) is 14.4. The fraction of sp³-hybridized carbons (Fsp3) is 0.333. The number of aryl methyl sites for hydroxylation is 1. The Hall–Kier alpha value is -1.96. The van der Waals surface area contributed by atoms with E-state index in [2.05, 4.69) is 52.1 Å². The molecule has 1 aliphatic rings. The average Bonchev–Trinajstić information content (AvgIpc) is 3.25. The molecule has 4 rings (SSSR count). The van der Waals surface area contributed by atoms with Gasteiger partial charge in [0.2, 0.25) is 0 Å². The molecule has 1 N–H and O–H groups in total. The number of carbonyl (C=O) groups excluding carboxylic acids is 1. The Morgan fingerprint density at radius 3 is 2.52 bits per heavy atom. The first-order valence-electron chi connectivity index (χ1n) is 10.4. The molecule has 3 aromatic rings. The van der Waals surface area contributed by atoms with Gasteiger partial charge in [0.05, 0.1) is 15.3 Å². The topological polar surface area (TPSA) is 51.2 Å². The second-order valence-corrected chi connectivity index (χ2v) is 11.1. The third-order valence-corrected chi connectivity index (χ3v) is 8.74. The van der Waals surface area contributed by atoms with Crippen molar-refractivity contribution in [3.8, 4) is 17.0 Å². The fourth-order valence-electron chi connectivity index (χ4n) is 3.29. The zero-order valence-electron chi connectivity index (χ0n) is 17.5. The van der Waals surface area contributed by atoms with E-state index in [0.717, 1.165) is 28.4 Å². The Balaban J connectivity index is 1.17. The van der Waals surface area contributed by atoms with Crippen LogP contribution in [0.4, 0.5) is 0 Å². The molecule has 0 saturated carbocycles. The largest absolute Gasteiger partial charge is 0.484 e. The van der Waals surface area contributed by atoms with Crippen LogP contribution >= 0.6 is 34.9 Å². The lowest BCUT2D eigenvalue weighted by Crippen LogP contribution is -2.30. The van der Waals surface area contributed by atoms with Crippen LogP contribution in [0.1, 0.15) is 27.1 Å². The van der Waals surface area contributed by atoms with Crippen LogP contribution in [-0.4, -0.2) is 35.5 Å². The second-order valence-electron chi connectivity index (χ2n) is 7.33. The highest BCUT2D eigenvalue weighted by molar-refractivity contribution is 8.16. The number of aromatic nitrogens is 1. The molecule has 0 atom stereocenters. The van der Waals surface area contributed by atoms with Crippen molar-refractivity contribution in [2.45, 2.75) is 24.3 Å². The maximum atomic E-state index is 12.1. The fourth-order valence-corrected chi connectivity index (χ4v) is 6.80. The predicted octanol–water partition coefficient (Wildman–Crippen LogP) is 5.72. The Labute approximate surface area is 196 Å². The Kier molecular flexibility index (Phi) is 7.94. The molecule has 162 valence electrons. The van der Waals surface area contributed by atoms with Crippen LogP contribution in [0.2, 0.25) is 0 Å². The SMILES string of the molecule is Cc1nc(-c2ccc(CCNC(=O)COc3ccc(C4SCCCS4)cc3)cc2)cs1. The van der Waals surface area contributed by atoms with Crippen molar-refractivity contribution < 1.29 is 9.53 Å². The summed E-state index contributed by atoms with van der Waals surface area (Å²) in [5.74, 6) is 3.09. The van der Waals surface area contributed by atoms with E-state index < -0.39 is 0 Å². The van der Waals surface area contributed by atoms with Crippen LogP contribution < -0.4 is 10.1 Å². The first kappa shape index (κ1) is 22.2. The number of benzene rings is 2. The summed E-state index contributed by atoms with van der Waals surface area (Å²) in [5, 5.41) is 6.08. The maximum absolute atomic E-state index is 12.1. The highest BCUT2D eigenvalue weighted by atomic mass is 32.2. The van der Waals surface area contributed by atoms with Gasteiger partial charge in [0.15, 0.2) is 6.61 Å². The minimum atomic E-state index is -0.1000. The summed E-state index contributed by atoms with van der Waals surface area (Å²) in [6, 6.07) is 16.5. The number of amides is 1. The highest BCUT2D eigenvalue weighted by Crippen LogP contribution is 2.43. The third kappa shape index (κ3) is 6.51. The number of rotatable bonds is 8. The lowest BCUT2D eigenvalue weighted by atomic mass is 10.1. The lowest BCUT2D eigenvalue weighted by molar-refractivity contribution is -0.123. The zero-order chi connectivity index (χ0) is 21.5. The van der Waals surface area contributed by atoms with Crippen molar-refractivity contribution >= 4 is 40.8 Å². The number of carbonyl (C=O) groups is 1. The molecule has 1 saturated heterocycles. The van der Waals surface area contributed by atoms with E-state index in [0.29, 0.717) is 11.1 Å². The summed E-state index contributed by atoms with van der Waals surface area (Å²) < 4.78 is 6.17. The number of thioether (sulfide) groups is 2. The predicted molar refractivity (Wildman–Crippen MR) is 133 cm³/mol. The third-order valence-electron chi connectivity index (χ3n) is 4.95. The molecule has 0 radical (unpaired) electrons. The Morgan fingerprint density at radius 2 is 1.84 bits per heavy atom. The molecule has 1 amide bonds. The summed E-state index contributed by atoms with van der Waals surface area (Å²) in [7, 11) is 0. The summed E-state index contributed by atoms with van der Waals surface area (Å²) in [6.45, 7) is 2.64. The molecule has 4 nitrogen and oxygen atoms in total. The number of hydrogen-bond acceptors (Lipinski definition) is 6. The first-order valence-corrected chi connectivity index (χ1v) is 13.4. The van der Waals surface area contributed by atoms with E-state index in [-0.39, 0.29) is 12.5 Å². The van der Waals surface area contributed by atoms with Gasteiger partial charge < -0.3 is 10.1 Å². The van der Waals surface area contributed by atoms with Crippen molar-refractivity contribution in [2.24, 2.45) is 0 Å². The number of nitrogens with one attached hydrogen (secondary N) is 1. The van der Waals surface area contributed by atoms with Gasteiger partial charge in [0.1, 0.15) is 5.75 Å².